The molecule has 2 aliphatic rings. The highest BCUT2D eigenvalue weighted by Crippen LogP contribution is 2.48. The Morgan fingerprint density at radius 2 is 1.95 bits per heavy atom. The van der Waals surface area contributed by atoms with Gasteiger partial charge in [0, 0.05) is 12.6 Å². The van der Waals surface area contributed by atoms with E-state index in [1.165, 1.54) is 0 Å². The molecular formula is C14H25N3O3. The van der Waals surface area contributed by atoms with E-state index in [2.05, 4.69) is 16.0 Å². The van der Waals surface area contributed by atoms with Gasteiger partial charge in [-0.15, -0.1) is 0 Å². The predicted molar refractivity (Wildman–Crippen MR) is 75.4 cm³/mol. The normalized spacial score (nSPS) is 31.2. The van der Waals surface area contributed by atoms with E-state index in [-0.39, 0.29) is 18.0 Å². The number of carboxylic acid groups (broad SMARTS) is 1. The average Bonchev–Trinajstić information content (AvgIpc) is 2.99. The molecule has 0 saturated heterocycles. The number of fused-ring (bicyclic) bond motifs is 2. The number of carboxylic acids is 1. The van der Waals surface area contributed by atoms with Gasteiger partial charge in [-0.2, -0.15) is 0 Å². The molecule has 0 spiro atoms. The Morgan fingerprint density at radius 1 is 1.20 bits per heavy atom. The van der Waals surface area contributed by atoms with Crippen LogP contribution in [-0.2, 0) is 4.79 Å². The van der Waals surface area contributed by atoms with Crippen LogP contribution >= 0.6 is 0 Å². The molecule has 0 heterocycles. The Morgan fingerprint density at radius 3 is 2.65 bits per heavy atom. The molecule has 0 aromatic rings. The van der Waals surface area contributed by atoms with Crippen LogP contribution in [0.5, 0.6) is 0 Å². The van der Waals surface area contributed by atoms with Crippen LogP contribution in [0.25, 0.3) is 0 Å². The van der Waals surface area contributed by atoms with E-state index in [1.807, 2.05) is 6.92 Å². The van der Waals surface area contributed by atoms with Crippen molar-refractivity contribution in [2.45, 2.75) is 38.6 Å². The summed E-state index contributed by atoms with van der Waals surface area (Å²) in [5, 5.41) is 18.2. The Hall–Kier alpha value is -1.30. The summed E-state index contributed by atoms with van der Waals surface area (Å²) in [7, 11) is 0. The van der Waals surface area contributed by atoms with E-state index in [0.717, 1.165) is 38.8 Å². The lowest BCUT2D eigenvalue weighted by molar-refractivity contribution is -0.144. The maximum absolute atomic E-state index is 11.8. The lowest BCUT2D eigenvalue weighted by Crippen LogP contribution is -2.50. The average molecular weight is 283 g/mol. The Bertz CT molecular complexity index is 362. The standard InChI is InChI=1S/C14H25N3O3/c1-2-15-6-3-7-16-14(20)17-12-10-5-4-9(8-10)11(12)13(18)19/h9-12,15H,2-8H2,1H3,(H,18,19)(H2,16,17,20). The van der Waals surface area contributed by atoms with Crippen molar-refractivity contribution < 1.29 is 14.7 Å². The molecule has 0 aliphatic heterocycles. The van der Waals surface area contributed by atoms with Gasteiger partial charge in [-0.1, -0.05) is 6.92 Å². The van der Waals surface area contributed by atoms with E-state index in [0.29, 0.717) is 12.5 Å². The van der Waals surface area contributed by atoms with Crippen molar-refractivity contribution in [2.75, 3.05) is 19.6 Å². The van der Waals surface area contributed by atoms with Crippen LogP contribution < -0.4 is 16.0 Å². The monoisotopic (exact) mass is 283 g/mol. The molecule has 2 fully saturated rings. The van der Waals surface area contributed by atoms with Crippen molar-refractivity contribution in [2.24, 2.45) is 17.8 Å². The first kappa shape index (κ1) is 15.1. The van der Waals surface area contributed by atoms with Crippen molar-refractivity contribution in [3.8, 4) is 0 Å². The molecule has 4 unspecified atom stereocenters. The molecule has 2 amide bonds. The molecule has 20 heavy (non-hydrogen) atoms. The highest BCUT2D eigenvalue weighted by atomic mass is 16.4. The predicted octanol–water partition coefficient (Wildman–Crippen LogP) is 0.785. The van der Waals surface area contributed by atoms with Gasteiger partial charge in [-0.05, 0) is 50.6 Å². The molecule has 0 radical (unpaired) electrons. The topological polar surface area (TPSA) is 90.5 Å². The van der Waals surface area contributed by atoms with Gasteiger partial charge >= 0.3 is 12.0 Å². The lowest BCUT2D eigenvalue weighted by Gasteiger charge is -2.28. The zero-order valence-electron chi connectivity index (χ0n) is 12.0. The molecule has 0 aromatic carbocycles. The second-order valence-electron chi connectivity index (χ2n) is 5.83. The van der Waals surface area contributed by atoms with Gasteiger partial charge in [0.05, 0.1) is 5.92 Å². The summed E-state index contributed by atoms with van der Waals surface area (Å²) in [6.45, 7) is 4.46. The van der Waals surface area contributed by atoms with Crippen molar-refractivity contribution in [3.63, 3.8) is 0 Å². The SMILES string of the molecule is CCNCCCNC(=O)NC1C2CCC(C2)C1C(=O)O. The van der Waals surface area contributed by atoms with Crippen molar-refractivity contribution in [3.05, 3.63) is 0 Å². The summed E-state index contributed by atoms with van der Waals surface area (Å²) < 4.78 is 0. The molecule has 6 nitrogen and oxygen atoms in total. The van der Waals surface area contributed by atoms with Crippen LogP contribution in [0.1, 0.15) is 32.6 Å². The number of aliphatic carboxylic acids is 1. The van der Waals surface area contributed by atoms with Crippen LogP contribution in [0.3, 0.4) is 0 Å². The fourth-order valence-corrected chi connectivity index (χ4v) is 3.65. The maximum atomic E-state index is 11.8. The van der Waals surface area contributed by atoms with Gasteiger partial charge in [0.2, 0.25) is 0 Å². The molecule has 4 atom stereocenters. The smallest absolute Gasteiger partial charge is 0.315 e. The zero-order valence-corrected chi connectivity index (χ0v) is 12.0. The van der Waals surface area contributed by atoms with Gasteiger partial charge in [0.15, 0.2) is 0 Å². The molecule has 2 bridgehead atoms. The fourth-order valence-electron chi connectivity index (χ4n) is 3.65. The fraction of sp³-hybridized carbons (Fsp3) is 0.857. The lowest BCUT2D eigenvalue weighted by atomic mass is 9.84. The second-order valence-corrected chi connectivity index (χ2v) is 5.83. The third-order valence-corrected chi connectivity index (χ3v) is 4.57. The number of amides is 2. The molecule has 6 heteroatoms. The van der Waals surface area contributed by atoms with Gasteiger partial charge in [0.1, 0.15) is 0 Å². The molecular weight excluding hydrogens is 258 g/mol. The Balaban J connectivity index is 1.74. The first-order chi connectivity index (χ1) is 9.63. The molecule has 2 rings (SSSR count). The number of rotatable bonds is 7. The summed E-state index contributed by atoms with van der Waals surface area (Å²) in [5.41, 5.74) is 0. The largest absolute Gasteiger partial charge is 0.481 e. The van der Waals surface area contributed by atoms with Crippen LogP contribution in [0.2, 0.25) is 0 Å². The number of nitrogens with one attached hydrogen (secondary N) is 3. The highest BCUT2D eigenvalue weighted by molar-refractivity contribution is 5.77. The van der Waals surface area contributed by atoms with Crippen LogP contribution in [0.15, 0.2) is 0 Å². The second kappa shape index (κ2) is 6.92. The van der Waals surface area contributed by atoms with Crippen LogP contribution in [0.4, 0.5) is 4.79 Å². The third-order valence-electron chi connectivity index (χ3n) is 4.57. The molecule has 114 valence electrons. The van der Waals surface area contributed by atoms with Gasteiger partial charge in [0.25, 0.3) is 0 Å². The number of hydrogen-bond donors (Lipinski definition) is 4. The van der Waals surface area contributed by atoms with E-state index in [1.54, 1.807) is 0 Å². The van der Waals surface area contributed by atoms with E-state index in [9.17, 15) is 14.7 Å². The van der Waals surface area contributed by atoms with Gasteiger partial charge in [-0.25, -0.2) is 4.79 Å². The van der Waals surface area contributed by atoms with Crippen molar-refractivity contribution in [1.82, 2.24) is 16.0 Å². The quantitative estimate of drug-likeness (QED) is 0.520. The van der Waals surface area contributed by atoms with Crippen molar-refractivity contribution >= 4 is 12.0 Å². The first-order valence-electron chi connectivity index (χ1n) is 7.61. The summed E-state index contributed by atoms with van der Waals surface area (Å²) in [6.07, 6.45) is 3.85. The van der Waals surface area contributed by atoms with E-state index in [4.69, 9.17) is 0 Å². The Kier molecular flexibility index (Phi) is 5.23. The van der Waals surface area contributed by atoms with E-state index < -0.39 is 11.9 Å². The van der Waals surface area contributed by atoms with Gasteiger partial charge in [-0.3, -0.25) is 4.79 Å². The maximum Gasteiger partial charge on any atom is 0.315 e. The molecule has 0 aromatic heterocycles. The Labute approximate surface area is 119 Å². The summed E-state index contributed by atoms with van der Waals surface area (Å²) in [6, 6.07) is -0.426. The first-order valence-corrected chi connectivity index (χ1v) is 7.61. The van der Waals surface area contributed by atoms with Crippen LogP contribution in [-0.4, -0.2) is 42.8 Å². The number of urea groups is 1. The number of carbonyl (C=O) groups excluding carboxylic acids is 1. The molecule has 4 N–H and O–H groups in total. The summed E-state index contributed by atoms with van der Waals surface area (Å²) in [5.74, 6) is -0.582. The van der Waals surface area contributed by atoms with E-state index >= 15 is 0 Å². The zero-order chi connectivity index (χ0) is 14.5. The minimum Gasteiger partial charge on any atom is -0.481 e. The number of carbonyl (C=O) groups is 2. The van der Waals surface area contributed by atoms with Crippen LogP contribution in [0, 0.1) is 17.8 Å². The third kappa shape index (κ3) is 3.42. The minimum absolute atomic E-state index is 0.194. The number of hydrogen-bond acceptors (Lipinski definition) is 3. The minimum atomic E-state index is -0.769. The summed E-state index contributed by atoms with van der Waals surface area (Å²) in [4.78, 5) is 23.2. The highest BCUT2D eigenvalue weighted by Gasteiger charge is 2.51. The molecule has 2 saturated carbocycles. The summed E-state index contributed by atoms with van der Waals surface area (Å²) >= 11 is 0. The molecule has 2 aliphatic carbocycles. The van der Waals surface area contributed by atoms with Crippen molar-refractivity contribution in [1.29, 1.82) is 0 Å². The van der Waals surface area contributed by atoms with Gasteiger partial charge < -0.3 is 21.1 Å².